The summed E-state index contributed by atoms with van der Waals surface area (Å²) in [5.41, 5.74) is 5.36. The van der Waals surface area contributed by atoms with Gasteiger partial charge in [-0.1, -0.05) is 43.2 Å². The molecule has 1 heterocycles. The largest absolute Gasteiger partial charge is 0.271 e. The second kappa shape index (κ2) is 6.87. The fraction of sp³-hybridized carbons (Fsp3) is 0.471. The Morgan fingerprint density at radius 1 is 1.14 bits per heavy atom. The van der Waals surface area contributed by atoms with Crippen LogP contribution in [-0.2, 0) is 12.8 Å². The van der Waals surface area contributed by atoms with Crippen LogP contribution in [0.1, 0.15) is 43.0 Å². The molecule has 0 spiro atoms. The van der Waals surface area contributed by atoms with Crippen LogP contribution >= 0.6 is 0 Å². The zero-order valence-electron chi connectivity index (χ0n) is 12.4. The molecule has 0 amide bonds. The molecule has 3 rings (SSSR count). The van der Waals surface area contributed by atoms with Crippen molar-refractivity contribution in [1.29, 1.82) is 0 Å². The van der Waals surface area contributed by atoms with E-state index in [1.807, 2.05) is 6.07 Å². The van der Waals surface area contributed by atoms with E-state index in [1.54, 1.807) is 0 Å². The van der Waals surface area contributed by atoms with Crippen molar-refractivity contribution < 1.29 is 0 Å². The van der Waals surface area contributed by atoms with Crippen molar-refractivity contribution in [2.45, 2.75) is 50.6 Å². The van der Waals surface area contributed by atoms with Gasteiger partial charge in [-0.15, -0.1) is 0 Å². The molecule has 1 aromatic heterocycles. The van der Waals surface area contributed by atoms with Gasteiger partial charge in [0.15, 0.2) is 0 Å². The maximum absolute atomic E-state index is 5.71. The number of hydrogen-bond acceptors (Lipinski definition) is 3. The van der Waals surface area contributed by atoms with E-state index >= 15 is 0 Å². The highest BCUT2D eigenvalue weighted by atomic mass is 15.3. The number of nitrogens with zero attached hydrogens (tertiary/aromatic N) is 2. The summed E-state index contributed by atoms with van der Waals surface area (Å²) < 4.78 is 2.15. The monoisotopic (exact) mass is 284 g/mol. The molecule has 1 aromatic carbocycles. The minimum atomic E-state index is 0.222. The Morgan fingerprint density at radius 2 is 1.90 bits per heavy atom. The Kier molecular flexibility index (Phi) is 4.68. The second-order valence-corrected chi connectivity index (χ2v) is 5.98. The van der Waals surface area contributed by atoms with Gasteiger partial charge < -0.3 is 0 Å². The summed E-state index contributed by atoms with van der Waals surface area (Å²) in [7, 11) is 0. The Bertz CT molecular complexity index is 543. The van der Waals surface area contributed by atoms with E-state index in [1.165, 1.54) is 31.2 Å². The quantitative estimate of drug-likeness (QED) is 0.633. The first-order valence-corrected chi connectivity index (χ1v) is 7.89. The summed E-state index contributed by atoms with van der Waals surface area (Å²) in [6.45, 7) is 0. The third kappa shape index (κ3) is 3.71. The molecule has 1 fully saturated rings. The van der Waals surface area contributed by atoms with Crippen LogP contribution in [0.5, 0.6) is 0 Å². The van der Waals surface area contributed by atoms with Gasteiger partial charge in [-0.2, -0.15) is 5.10 Å². The molecule has 4 heteroatoms. The van der Waals surface area contributed by atoms with E-state index in [4.69, 9.17) is 10.9 Å². The van der Waals surface area contributed by atoms with Crippen LogP contribution in [0, 0.1) is 0 Å². The lowest BCUT2D eigenvalue weighted by molar-refractivity contribution is 0.455. The minimum Gasteiger partial charge on any atom is -0.271 e. The highest BCUT2D eigenvalue weighted by Crippen LogP contribution is 2.28. The van der Waals surface area contributed by atoms with Crippen molar-refractivity contribution in [3.05, 3.63) is 53.9 Å². The molecule has 0 bridgehead atoms. The zero-order valence-corrected chi connectivity index (χ0v) is 12.4. The number of nitrogens with one attached hydrogen (secondary N) is 1. The van der Waals surface area contributed by atoms with Crippen molar-refractivity contribution in [2.75, 3.05) is 0 Å². The molecule has 4 nitrogen and oxygen atoms in total. The lowest BCUT2D eigenvalue weighted by Gasteiger charge is -2.15. The van der Waals surface area contributed by atoms with Crippen molar-refractivity contribution in [3.63, 3.8) is 0 Å². The predicted octanol–water partition coefficient (Wildman–Crippen LogP) is 2.62. The summed E-state index contributed by atoms with van der Waals surface area (Å²) in [4.78, 5) is 0. The maximum atomic E-state index is 5.71. The van der Waals surface area contributed by atoms with Gasteiger partial charge in [0.2, 0.25) is 0 Å². The molecule has 0 radical (unpaired) electrons. The molecule has 0 aliphatic heterocycles. The van der Waals surface area contributed by atoms with Crippen LogP contribution in [0.25, 0.3) is 0 Å². The van der Waals surface area contributed by atoms with E-state index in [0.29, 0.717) is 6.04 Å². The molecule has 1 aliphatic rings. The first-order chi connectivity index (χ1) is 10.3. The van der Waals surface area contributed by atoms with Gasteiger partial charge in [0.1, 0.15) is 0 Å². The third-order valence-corrected chi connectivity index (χ3v) is 4.38. The molecule has 0 saturated heterocycles. The van der Waals surface area contributed by atoms with Gasteiger partial charge in [0.25, 0.3) is 0 Å². The number of benzene rings is 1. The Labute approximate surface area is 126 Å². The second-order valence-electron chi connectivity index (χ2n) is 5.98. The smallest absolute Gasteiger partial charge is 0.0640 e. The number of nitrogens with two attached hydrogens (primary N) is 1. The van der Waals surface area contributed by atoms with Crippen molar-refractivity contribution in [1.82, 2.24) is 15.2 Å². The Balaban J connectivity index is 1.61. The zero-order chi connectivity index (χ0) is 14.5. The first-order valence-electron chi connectivity index (χ1n) is 7.89. The molecular formula is C17H24N4. The molecule has 3 N–H and O–H groups in total. The van der Waals surface area contributed by atoms with E-state index in [2.05, 4.69) is 46.6 Å². The van der Waals surface area contributed by atoms with Crippen LogP contribution in [0.2, 0.25) is 0 Å². The molecule has 1 unspecified atom stereocenters. The van der Waals surface area contributed by atoms with Crippen molar-refractivity contribution >= 4 is 0 Å². The van der Waals surface area contributed by atoms with Gasteiger partial charge in [-0.3, -0.25) is 16.0 Å². The molecular weight excluding hydrogens is 260 g/mol. The maximum Gasteiger partial charge on any atom is 0.0640 e. The van der Waals surface area contributed by atoms with E-state index in [-0.39, 0.29) is 6.04 Å². The summed E-state index contributed by atoms with van der Waals surface area (Å²) in [6.07, 6.45) is 9.12. The Morgan fingerprint density at radius 3 is 2.62 bits per heavy atom. The van der Waals surface area contributed by atoms with Crippen LogP contribution in [-0.4, -0.2) is 15.8 Å². The summed E-state index contributed by atoms with van der Waals surface area (Å²) in [5.74, 6) is 5.71. The normalized spacial score (nSPS) is 17.2. The summed E-state index contributed by atoms with van der Waals surface area (Å²) in [5, 5.41) is 4.74. The van der Waals surface area contributed by atoms with E-state index < -0.39 is 0 Å². The third-order valence-electron chi connectivity index (χ3n) is 4.38. The fourth-order valence-electron chi connectivity index (χ4n) is 3.20. The van der Waals surface area contributed by atoms with Gasteiger partial charge in [-0.25, -0.2) is 0 Å². The summed E-state index contributed by atoms with van der Waals surface area (Å²) >= 11 is 0. The lowest BCUT2D eigenvalue weighted by atomic mass is 10.0. The first kappa shape index (κ1) is 14.3. The van der Waals surface area contributed by atoms with Gasteiger partial charge in [0, 0.05) is 18.7 Å². The Hall–Kier alpha value is -1.65. The number of hydrazine groups is 1. The lowest BCUT2D eigenvalue weighted by Crippen LogP contribution is -2.38. The molecule has 2 aromatic rings. The predicted molar refractivity (Wildman–Crippen MR) is 84.7 cm³/mol. The van der Waals surface area contributed by atoms with Crippen molar-refractivity contribution in [2.24, 2.45) is 5.84 Å². The number of hydrogen-bond donors (Lipinski definition) is 2. The standard InChI is InChI=1S/C17H24N4/c18-19-16(12-14-6-2-1-3-7-14)13-15-10-11-21(20-15)17-8-4-5-9-17/h1-3,6-7,10-11,16-17,19H,4-5,8-9,12-13,18H2. The molecule has 21 heavy (non-hydrogen) atoms. The average Bonchev–Trinajstić information content (AvgIpc) is 3.18. The highest BCUT2D eigenvalue weighted by Gasteiger charge is 2.18. The van der Waals surface area contributed by atoms with Gasteiger partial charge >= 0.3 is 0 Å². The highest BCUT2D eigenvalue weighted by molar-refractivity contribution is 5.16. The van der Waals surface area contributed by atoms with E-state index in [0.717, 1.165) is 18.5 Å². The summed E-state index contributed by atoms with van der Waals surface area (Å²) in [6, 6.07) is 13.4. The van der Waals surface area contributed by atoms with Gasteiger partial charge in [0.05, 0.1) is 11.7 Å². The van der Waals surface area contributed by atoms with Crippen LogP contribution in [0.3, 0.4) is 0 Å². The minimum absolute atomic E-state index is 0.222. The molecule has 112 valence electrons. The average molecular weight is 284 g/mol. The van der Waals surface area contributed by atoms with Crippen LogP contribution < -0.4 is 11.3 Å². The van der Waals surface area contributed by atoms with Crippen LogP contribution in [0.4, 0.5) is 0 Å². The topological polar surface area (TPSA) is 55.9 Å². The molecule has 1 atom stereocenters. The van der Waals surface area contributed by atoms with Crippen molar-refractivity contribution in [3.8, 4) is 0 Å². The molecule has 1 aliphatic carbocycles. The van der Waals surface area contributed by atoms with Gasteiger partial charge in [-0.05, 0) is 30.9 Å². The fourth-order valence-corrected chi connectivity index (χ4v) is 3.20. The number of aromatic nitrogens is 2. The number of rotatable bonds is 6. The molecule has 1 saturated carbocycles. The van der Waals surface area contributed by atoms with E-state index in [9.17, 15) is 0 Å². The van der Waals surface area contributed by atoms with Crippen LogP contribution in [0.15, 0.2) is 42.6 Å². The SMILES string of the molecule is NNC(Cc1ccccc1)Cc1ccn(C2CCCC2)n1.